The zero-order chi connectivity index (χ0) is 10.1. The van der Waals surface area contributed by atoms with Gasteiger partial charge in [-0.15, -0.1) is 0 Å². The van der Waals surface area contributed by atoms with Gasteiger partial charge in [0.2, 0.25) is 0 Å². The molecule has 2 saturated carbocycles. The van der Waals surface area contributed by atoms with E-state index in [0.29, 0.717) is 10.8 Å². The van der Waals surface area contributed by atoms with Gasteiger partial charge < -0.3 is 0 Å². The lowest BCUT2D eigenvalue weighted by molar-refractivity contribution is 0.152. The minimum Gasteiger partial charge on any atom is -0.0656 e. The second kappa shape index (κ2) is 3.63. The third kappa shape index (κ3) is 1.65. The summed E-state index contributed by atoms with van der Waals surface area (Å²) >= 11 is 0. The minimum absolute atomic E-state index is 0.660. The van der Waals surface area contributed by atoms with Gasteiger partial charge in [-0.1, -0.05) is 41.0 Å². The molecule has 0 aromatic heterocycles. The predicted octanol–water partition coefficient (Wildman–Crippen LogP) is 4.64. The van der Waals surface area contributed by atoms with Gasteiger partial charge in [0.05, 0.1) is 0 Å². The summed E-state index contributed by atoms with van der Waals surface area (Å²) in [5.74, 6) is 1.05. The van der Waals surface area contributed by atoms with Crippen LogP contribution >= 0.6 is 0 Å². The SMILES string of the molecule is CC12CCC(CC1)C2(C)C.CCC. The molecule has 2 aliphatic rings. The maximum Gasteiger partial charge on any atom is -0.0272 e. The molecule has 0 radical (unpaired) electrons. The average molecular weight is 182 g/mol. The molecule has 2 aliphatic carbocycles. The lowest BCUT2D eigenvalue weighted by atomic mass is 9.71. The fraction of sp³-hybridized carbons (Fsp3) is 1.00. The van der Waals surface area contributed by atoms with Gasteiger partial charge in [-0.3, -0.25) is 0 Å². The number of fused-ring (bicyclic) bond motifs is 2. The highest BCUT2D eigenvalue weighted by Gasteiger charge is 2.55. The molecular weight excluding hydrogens is 156 g/mol. The van der Waals surface area contributed by atoms with Gasteiger partial charge in [0.15, 0.2) is 0 Å². The van der Waals surface area contributed by atoms with E-state index in [9.17, 15) is 0 Å². The third-order valence-corrected chi connectivity index (χ3v) is 4.67. The van der Waals surface area contributed by atoms with Crippen molar-refractivity contribution in [2.75, 3.05) is 0 Å². The molecule has 0 heteroatoms. The molecule has 0 unspecified atom stereocenters. The van der Waals surface area contributed by atoms with Gasteiger partial charge >= 0.3 is 0 Å². The summed E-state index contributed by atoms with van der Waals surface area (Å²) in [6.07, 6.45) is 7.24. The van der Waals surface area contributed by atoms with E-state index in [0.717, 1.165) is 5.92 Å². The van der Waals surface area contributed by atoms with E-state index in [1.54, 1.807) is 0 Å². The molecule has 0 amide bonds. The summed E-state index contributed by atoms with van der Waals surface area (Å²) in [4.78, 5) is 0. The fourth-order valence-electron chi connectivity index (χ4n) is 3.11. The van der Waals surface area contributed by atoms with E-state index in [-0.39, 0.29) is 0 Å². The smallest absolute Gasteiger partial charge is 0.0272 e. The van der Waals surface area contributed by atoms with Gasteiger partial charge in [0.25, 0.3) is 0 Å². The maximum atomic E-state index is 2.49. The van der Waals surface area contributed by atoms with Gasteiger partial charge in [-0.25, -0.2) is 0 Å². The van der Waals surface area contributed by atoms with E-state index in [4.69, 9.17) is 0 Å². The summed E-state index contributed by atoms with van der Waals surface area (Å²) < 4.78 is 0. The zero-order valence-electron chi connectivity index (χ0n) is 10.1. The maximum absolute atomic E-state index is 2.49. The summed E-state index contributed by atoms with van der Waals surface area (Å²) in [6, 6.07) is 0. The minimum atomic E-state index is 0.660. The molecule has 0 spiro atoms. The van der Waals surface area contributed by atoms with Crippen LogP contribution in [0.2, 0.25) is 0 Å². The van der Waals surface area contributed by atoms with E-state index < -0.39 is 0 Å². The van der Waals surface area contributed by atoms with E-state index in [2.05, 4.69) is 34.6 Å². The number of hydrogen-bond donors (Lipinski definition) is 0. The Hall–Kier alpha value is 0. The molecule has 2 rings (SSSR count). The molecule has 0 saturated heterocycles. The highest BCUT2D eigenvalue weighted by atomic mass is 14.6. The van der Waals surface area contributed by atoms with Gasteiger partial charge in [-0.2, -0.15) is 0 Å². The van der Waals surface area contributed by atoms with E-state index >= 15 is 0 Å². The highest BCUT2D eigenvalue weighted by molar-refractivity contribution is 5.05. The molecule has 13 heavy (non-hydrogen) atoms. The predicted molar refractivity (Wildman–Crippen MR) is 59.8 cm³/mol. The van der Waals surface area contributed by atoms with E-state index in [1.807, 2.05) is 0 Å². The summed E-state index contributed by atoms with van der Waals surface area (Å²) in [5.41, 5.74) is 1.37. The molecule has 0 heterocycles. The van der Waals surface area contributed by atoms with Crippen LogP contribution < -0.4 is 0 Å². The quantitative estimate of drug-likeness (QED) is 0.512. The Labute approximate surface area is 84.1 Å². The van der Waals surface area contributed by atoms with Crippen LogP contribution in [0.3, 0.4) is 0 Å². The van der Waals surface area contributed by atoms with Crippen LogP contribution in [0.5, 0.6) is 0 Å². The van der Waals surface area contributed by atoms with Crippen LogP contribution in [-0.2, 0) is 0 Å². The summed E-state index contributed by atoms with van der Waals surface area (Å²) in [6.45, 7) is 11.7. The normalized spacial score (nSPS) is 39.9. The molecule has 0 aliphatic heterocycles. The largest absolute Gasteiger partial charge is 0.0656 e. The molecule has 0 atom stereocenters. The Kier molecular flexibility index (Phi) is 3.09. The average Bonchev–Trinajstić information content (AvgIpc) is 2.38. The van der Waals surface area contributed by atoms with Gasteiger partial charge in [-0.05, 0) is 42.4 Å². The lowest BCUT2D eigenvalue weighted by Gasteiger charge is -2.34. The van der Waals surface area contributed by atoms with Crippen LogP contribution in [0.25, 0.3) is 0 Å². The second-order valence-electron chi connectivity index (χ2n) is 5.76. The lowest BCUT2D eigenvalue weighted by Crippen LogP contribution is -2.26. The van der Waals surface area contributed by atoms with Crippen LogP contribution in [0.1, 0.15) is 66.7 Å². The molecule has 0 aromatic rings. The van der Waals surface area contributed by atoms with Crippen molar-refractivity contribution in [1.29, 1.82) is 0 Å². The second-order valence-corrected chi connectivity index (χ2v) is 5.76. The Morgan fingerprint density at radius 1 is 1.00 bits per heavy atom. The first-order valence-electron chi connectivity index (χ1n) is 5.98. The molecule has 0 aromatic carbocycles. The standard InChI is InChI=1S/C10H18.C3H8/c1-9(2)8-4-6-10(9,3)7-5-8;1-3-2/h8H,4-7H2,1-3H3;3H2,1-2H3. The molecule has 2 fully saturated rings. The fourth-order valence-corrected chi connectivity index (χ4v) is 3.11. The number of hydrogen-bond acceptors (Lipinski definition) is 0. The molecule has 2 bridgehead atoms. The Balaban J connectivity index is 0.000000251. The monoisotopic (exact) mass is 182 g/mol. The summed E-state index contributed by atoms with van der Waals surface area (Å²) in [7, 11) is 0. The van der Waals surface area contributed by atoms with Gasteiger partial charge in [0.1, 0.15) is 0 Å². The van der Waals surface area contributed by atoms with E-state index in [1.165, 1.54) is 32.1 Å². The van der Waals surface area contributed by atoms with Crippen molar-refractivity contribution >= 4 is 0 Å². The first kappa shape index (κ1) is 11.1. The van der Waals surface area contributed by atoms with Crippen molar-refractivity contribution in [3.63, 3.8) is 0 Å². The number of rotatable bonds is 0. The molecule has 0 nitrogen and oxygen atoms in total. The Bertz CT molecular complexity index is 156. The van der Waals surface area contributed by atoms with Crippen molar-refractivity contribution < 1.29 is 0 Å². The Morgan fingerprint density at radius 2 is 1.38 bits per heavy atom. The van der Waals surface area contributed by atoms with Crippen molar-refractivity contribution in [1.82, 2.24) is 0 Å². The van der Waals surface area contributed by atoms with Crippen molar-refractivity contribution in [3.05, 3.63) is 0 Å². The van der Waals surface area contributed by atoms with Crippen molar-refractivity contribution in [2.45, 2.75) is 66.7 Å². The molecular formula is C13H26. The summed E-state index contributed by atoms with van der Waals surface area (Å²) in [5, 5.41) is 0. The van der Waals surface area contributed by atoms with Crippen LogP contribution in [0, 0.1) is 16.7 Å². The Morgan fingerprint density at radius 3 is 1.46 bits per heavy atom. The van der Waals surface area contributed by atoms with Crippen LogP contribution in [-0.4, -0.2) is 0 Å². The first-order valence-corrected chi connectivity index (χ1v) is 5.98. The highest BCUT2D eigenvalue weighted by Crippen LogP contribution is 2.65. The van der Waals surface area contributed by atoms with Crippen molar-refractivity contribution in [3.8, 4) is 0 Å². The molecule has 78 valence electrons. The molecule has 0 N–H and O–H groups in total. The third-order valence-electron chi connectivity index (χ3n) is 4.67. The zero-order valence-corrected chi connectivity index (χ0v) is 10.1. The van der Waals surface area contributed by atoms with Crippen LogP contribution in [0.15, 0.2) is 0 Å². The topological polar surface area (TPSA) is 0 Å². The van der Waals surface area contributed by atoms with Gasteiger partial charge in [0, 0.05) is 0 Å². The van der Waals surface area contributed by atoms with Crippen molar-refractivity contribution in [2.24, 2.45) is 16.7 Å². The van der Waals surface area contributed by atoms with Crippen LogP contribution in [0.4, 0.5) is 0 Å². The first-order chi connectivity index (χ1) is 5.98.